The molecule has 1 aromatic heterocycles. The molecule has 0 atom stereocenters. The zero-order chi connectivity index (χ0) is 24.3. The summed E-state index contributed by atoms with van der Waals surface area (Å²) in [4.78, 5) is 4.39. The van der Waals surface area contributed by atoms with Crippen LogP contribution in [-0.4, -0.2) is 28.9 Å². The molecule has 0 saturated carbocycles. The van der Waals surface area contributed by atoms with Crippen molar-refractivity contribution in [3.8, 4) is 17.0 Å². The summed E-state index contributed by atoms with van der Waals surface area (Å²) in [6, 6.07) is 18.7. The van der Waals surface area contributed by atoms with Gasteiger partial charge in [0.15, 0.2) is 5.13 Å². The minimum Gasteiger partial charge on any atom is -0.495 e. The van der Waals surface area contributed by atoms with Gasteiger partial charge in [-0.2, -0.15) is 0 Å². The Bertz CT molecular complexity index is 1540. The highest BCUT2D eigenvalue weighted by molar-refractivity contribution is 7.93. The van der Waals surface area contributed by atoms with E-state index in [1.165, 1.54) is 37.4 Å². The van der Waals surface area contributed by atoms with Crippen LogP contribution in [0.2, 0.25) is 5.02 Å². The maximum atomic E-state index is 12.8. The van der Waals surface area contributed by atoms with E-state index in [0.717, 1.165) is 11.3 Å². The quantitative estimate of drug-likeness (QED) is 0.325. The van der Waals surface area contributed by atoms with Gasteiger partial charge in [-0.1, -0.05) is 41.9 Å². The average molecular weight is 536 g/mol. The minimum absolute atomic E-state index is 0.0228. The summed E-state index contributed by atoms with van der Waals surface area (Å²) in [7, 11) is -6.45. The Morgan fingerprint density at radius 2 is 1.53 bits per heavy atom. The fraction of sp³-hybridized carbons (Fsp3) is 0.0455. The highest BCUT2D eigenvalue weighted by Crippen LogP contribution is 2.33. The van der Waals surface area contributed by atoms with Crippen LogP contribution in [0.4, 0.5) is 10.8 Å². The maximum Gasteiger partial charge on any atom is 0.267 e. The van der Waals surface area contributed by atoms with Crippen LogP contribution >= 0.6 is 22.9 Å². The summed E-state index contributed by atoms with van der Waals surface area (Å²) in [6.45, 7) is 0. The van der Waals surface area contributed by atoms with E-state index in [4.69, 9.17) is 16.3 Å². The molecular weight excluding hydrogens is 518 g/mol. The largest absolute Gasteiger partial charge is 0.495 e. The van der Waals surface area contributed by atoms with E-state index >= 15 is 0 Å². The number of anilines is 2. The molecule has 12 heteroatoms. The van der Waals surface area contributed by atoms with Gasteiger partial charge in [-0.3, -0.25) is 9.44 Å². The van der Waals surface area contributed by atoms with Gasteiger partial charge in [-0.05, 0) is 42.5 Å². The predicted molar refractivity (Wildman–Crippen MR) is 134 cm³/mol. The molecular formula is C22H18ClN3O5S3. The number of hydrogen-bond donors (Lipinski definition) is 2. The highest BCUT2D eigenvalue weighted by Gasteiger charge is 2.22. The SMILES string of the molecule is COc1ccccc1S(=O)(=O)Nc1nc(-c2ccccc2NS(=O)(=O)c2ccc(Cl)cc2)cs1. The summed E-state index contributed by atoms with van der Waals surface area (Å²) in [5.74, 6) is 0.203. The van der Waals surface area contributed by atoms with Crippen LogP contribution in [-0.2, 0) is 20.0 Å². The molecule has 3 aromatic carbocycles. The normalized spacial score (nSPS) is 11.7. The molecule has 0 bridgehead atoms. The molecule has 0 fully saturated rings. The van der Waals surface area contributed by atoms with Gasteiger partial charge in [-0.15, -0.1) is 11.3 Å². The molecule has 8 nitrogen and oxygen atoms in total. The first-order chi connectivity index (χ1) is 16.2. The zero-order valence-electron chi connectivity index (χ0n) is 17.6. The highest BCUT2D eigenvalue weighted by atomic mass is 35.5. The van der Waals surface area contributed by atoms with E-state index in [1.807, 2.05) is 0 Å². The molecule has 0 saturated heterocycles. The number of nitrogens with one attached hydrogen (secondary N) is 2. The molecule has 0 unspecified atom stereocenters. The van der Waals surface area contributed by atoms with Crippen LogP contribution < -0.4 is 14.2 Å². The Hall–Kier alpha value is -3.12. The monoisotopic (exact) mass is 535 g/mol. The second-order valence-corrected chi connectivity index (χ2v) is 11.5. The number of hydrogen-bond acceptors (Lipinski definition) is 7. The Balaban J connectivity index is 1.62. The van der Waals surface area contributed by atoms with Gasteiger partial charge in [0.2, 0.25) is 0 Å². The van der Waals surface area contributed by atoms with Crippen LogP contribution in [0, 0.1) is 0 Å². The summed E-state index contributed by atoms with van der Waals surface area (Å²) in [5, 5.41) is 2.18. The van der Waals surface area contributed by atoms with Crippen LogP contribution in [0.5, 0.6) is 5.75 Å². The van der Waals surface area contributed by atoms with Crippen LogP contribution in [0.25, 0.3) is 11.3 Å². The summed E-state index contributed by atoms with van der Waals surface area (Å²) >= 11 is 6.92. The van der Waals surface area contributed by atoms with Gasteiger partial charge < -0.3 is 4.74 Å². The molecule has 0 aliphatic rings. The number of methoxy groups -OCH3 is 1. The Morgan fingerprint density at radius 3 is 2.26 bits per heavy atom. The van der Waals surface area contributed by atoms with Crippen molar-refractivity contribution in [1.82, 2.24) is 4.98 Å². The van der Waals surface area contributed by atoms with Gasteiger partial charge in [0.25, 0.3) is 20.0 Å². The Kier molecular flexibility index (Phi) is 6.80. The zero-order valence-corrected chi connectivity index (χ0v) is 20.8. The third-order valence-electron chi connectivity index (χ3n) is 4.66. The minimum atomic E-state index is -3.95. The molecule has 0 radical (unpaired) electrons. The van der Waals surface area contributed by atoms with Gasteiger partial charge >= 0.3 is 0 Å². The fourth-order valence-corrected chi connectivity index (χ4v) is 6.41. The van der Waals surface area contributed by atoms with Crippen molar-refractivity contribution in [3.05, 3.63) is 83.2 Å². The molecule has 0 aliphatic carbocycles. The lowest BCUT2D eigenvalue weighted by Crippen LogP contribution is -2.14. The molecule has 0 aliphatic heterocycles. The maximum absolute atomic E-state index is 12.8. The third kappa shape index (κ3) is 5.17. The standard InChI is InChI=1S/C22H18ClN3O5S3/c1-31-20-8-4-5-9-21(20)34(29,30)26-22-24-19(14-32-22)17-6-2-3-7-18(17)25-33(27,28)16-12-10-15(23)11-13-16/h2-14,25H,1H3,(H,24,26). The molecule has 176 valence electrons. The van der Waals surface area contributed by atoms with E-state index in [-0.39, 0.29) is 20.7 Å². The van der Waals surface area contributed by atoms with Crippen LogP contribution in [0.1, 0.15) is 0 Å². The molecule has 4 aromatic rings. The van der Waals surface area contributed by atoms with Crippen molar-refractivity contribution < 1.29 is 21.6 Å². The van der Waals surface area contributed by atoms with Gasteiger partial charge in [0, 0.05) is 16.0 Å². The molecule has 0 spiro atoms. The number of aromatic nitrogens is 1. The topological polar surface area (TPSA) is 114 Å². The van der Waals surface area contributed by atoms with E-state index in [0.29, 0.717) is 22.0 Å². The summed E-state index contributed by atoms with van der Waals surface area (Å²) < 4.78 is 61.5. The Morgan fingerprint density at radius 1 is 0.853 bits per heavy atom. The number of nitrogens with zero attached hydrogens (tertiary/aromatic N) is 1. The van der Waals surface area contributed by atoms with E-state index < -0.39 is 20.0 Å². The Labute approximate surface area is 206 Å². The number of thiazole rings is 1. The second kappa shape index (κ2) is 9.63. The first kappa shape index (κ1) is 24.0. The van der Waals surface area contributed by atoms with Gasteiger partial charge in [0.1, 0.15) is 10.6 Å². The molecule has 0 amide bonds. The van der Waals surface area contributed by atoms with Crippen LogP contribution in [0.3, 0.4) is 0 Å². The smallest absolute Gasteiger partial charge is 0.267 e. The fourth-order valence-electron chi connectivity index (χ4n) is 3.07. The van der Waals surface area contributed by atoms with E-state index in [9.17, 15) is 16.8 Å². The van der Waals surface area contributed by atoms with E-state index in [2.05, 4.69) is 14.4 Å². The van der Waals surface area contributed by atoms with Crippen molar-refractivity contribution in [1.29, 1.82) is 0 Å². The summed E-state index contributed by atoms with van der Waals surface area (Å²) in [5.41, 5.74) is 1.18. The number of para-hydroxylation sites is 2. The van der Waals surface area contributed by atoms with Crippen molar-refractivity contribution in [2.45, 2.75) is 9.79 Å². The molecule has 1 heterocycles. The van der Waals surface area contributed by atoms with Crippen molar-refractivity contribution in [2.24, 2.45) is 0 Å². The average Bonchev–Trinajstić information content (AvgIpc) is 3.27. The van der Waals surface area contributed by atoms with Gasteiger partial charge in [0.05, 0.1) is 23.4 Å². The number of benzene rings is 3. The lowest BCUT2D eigenvalue weighted by Gasteiger charge is -2.12. The number of sulfonamides is 2. The number of rotatable bonds is 8. The molecule has 4 rings (SSSR count). The predicted octanol–water partition coefficient (Wildman–Crippen LogP) is 5.07. The number of halogens is 1. The van der Waals surface area contributed by atoms with Crippen molar-refractivity contribution >= 4 is 53.8 Å². The third-order valence-corrected chi connectivity index (χ3v) is 8.55. The first-order valence-corrected chi connectivity index (χ1v) is 13.9. The summed E-state index contributed by atoms with van der Waals surface area (Å²) in [6.07, 6.45) is 0. The first-order valence-electron chi connectivity index (χ1n) is 9.69. The molecule has 2 N–H and O–H groups in total. The second-order valence-electron chi connectivity index (χ2n) is 6.90. The van der Waals surface area contributed by atoms with Gasteiger partial charge in [-0.25, -0.2) is 21.8 Å². The molecule has 34 heavy (non-hydrogen) atoms. The van der Waals surface area contributed by atoms with Crippen molar-refractivity contribution in [2.75, 3.05) is 16.6 Å². The number of ether oxygens (including phenoxy) is 1. The van der Waals surface area contributed by atoms with Crippen molar-refractivity contribution in [3.63, 3.8) is 0 Å². The van der Waals surface area contributed by atoms with E-state index in [1.54, 1.807) is 47.8 Å². The van der Waals surface area contributed by atoms with Crippen LogP contribution in [0.15, 0.2) is 88.0 Å². The lowest BCUT2D eigenvalue weighted by molar-refractivity contribution is 0.403. The lowest BCUT2D eigenvalue weighted by atomic mass is 10.1.